The van der Waals surface area contributed by atoms with Crippen LogP contribution in [0.2, 0.25) is 0 Å². The van der Waals surface area contributed by atoms with Crippen molar-refractivity contribution in [3.63, 3.8) is 0 Å². The highest BCUT2D eigenvalue weighted by molar-refractivity contribution is 7.92. The summed E-state index contributed by atoms with van der Waals surface area (Å²) < 4.78 is 26.2. The monoisotopic (exact) mass is 276 g/mol. The molecule has 0 heterocycles. The maximum atomic E-state index is 12.5. The molecule has 0 atom stereocenters. The van der Waals surface area contributed by atoms with Crippen LogP contribution in [0.5, 0.6) is 0 Å². The van der Waals surface area contributed by atoms with Gasteiger partial charge in [0, 0.05) is 7.05 Å². The summed E-state index contributed by atoms with van der Waals surface area (Å²) in [6.45, 7) is 1.86. The third-order valence-corrected chi connectivity index (χ3v) is 4.69. The van der Waals surface area contributed by atoms with Gasteiger partial charge in [0.2, 0.25) is 0 Å². The molecule has 100 valence electrons. The Bertz CT molecular complexity index is 696. The lowest BCUT2D eigenvalue weighted by molar-refractivity contribution is 0.594. The van der Waals surface area contributed by atoms with E-state index >= 15 is 0 Å². The van der Waals surface area contributed by atoms with E-state index in [0.29, 0.717) is 11.4 Å². The van der Waals surface area contributed by atoms with Gasteiger partial charge in [-0.3, -0.25) is 4.31 Å². The van der Waals surface area contributed by atoms with Gasteiger partial charge in [-0.2, -0.15) is 0 Å². The number of hydrogen-bond donors (Lipinski definition) is 1. The van der Waals surface area contributed by atoms with Crippen molar-refractivity contribution in [3.05, 3.63) is 54.1 Å². The highest BCUT2D eigenvalue weighted by atomic mass is 32.2. The first-order valence-corrected chi connectivity index (χ1v) is 7.27. The summed E-state index contributed by atoms with van der Waals surface area (Å²) >= 11 is 0. The zero-order chi connectivity index (χ0) is 14.0. The zero-order valence-electron chi connectivity index (χ0n) is 10.9. The van der Waals surface area contributed by atoms with E-state index in [1.807, 2.05) is 13.0 Å². The molecule has 0 aromatic heterocycles. The van der Waals surface area contributed by atoms with Crippen LogP contribution in [0, 0.1) is 6.92 Å². The van der Waals surface area contributed by atoms with Gasteiger partial charge in [-0.1, -0.05) is 24.3 Å². The number of sulfonamides is 1. The normalized spacial score (nSPS) is 11.3. The van der Waals surface area contributed by atoms with Crippen molar-refractivity contribution in [2.24, 2.45) is 0 Å². The summed E-state index contributed by atoms with van der Waals surface area (Å²) in [4.78, 5) is 0.262. The number of rotatable bonds is 3. The molecule has 0 saturated heterocycles. The molecule has 0 fully saturated rings. The van der Waals surface area contributed by atoms with E-state index in [9.17, 15) is 8.42 Å². The highest BCUT2D eigenvalue weighted by Gasteiger charge is 2.22. The number of nitrogens with two attached hydrogens (primary N) is 1. The van der Waals surface area contributed by atoms with Crippen LogP contribution >= 0.6 is 0 Å². The van der Waals surface area contributed by atoms with Crippen molar-refractivity contribution < 1.29 is 8.42 Å². The van der Waals surface area contributed by atoms with Gasteiger partial charge >= 0.3 is 0 Å². The quantitative estimate of drug-likeness (QED) is 0.876. The lowest BCUT2D eigenvalue weighted by Gasteiger charge is -2.21. The van der Waals surface area contributed by atoms with Crippen molar-refractivity contribution in [2.45, 2.75) is 11.8 Å². The third kappa shape index (κ3) is 2.56. The van der Waals surface area contributed by atoms with Gasteiger partial charge in [-0.05, 0) is 36.8 Å². The summed E-state index contributed by atoms with van der Waals surface area (Å²) in [5, 5.41) is 0. The van der Waals surface area contributed by atoms with Gasteiger partial charge in [0.25, 0.3) is 10.0 Å². The van der Waals surface area contributed by atoms with Gasteiger partial charge in [0.15, 0.2) is 0 Å². The van der Waals surface area contributed by atoms with E-state index in [0.717, 1.165) is 5.56 Å². The molecule has 5 heteroatoms. The fraction of sp³-hybridized carbons (Fsp3) is 0.143. The minimum Gasteiger partial charge on any atom is -0.397 e. The van der Waals surface area contributed by atoms with Crippen LogP contribution in [-0.4, -0.2) is 15.5 Å². The van der Waals surface area contributed by atoms with E-state index in [-0.39, 0.29) is 4.90 Å². The predicted octanol–water partition coefficient (Wildman–Crippen LogP) is 2.40. The number of anilines is 2. The molecule has 0 aliphatic heterocycles. The predicted molar refractivity (Wildman–Crippen MR) is 77.6 cm³/mol. The van der Waals surface area contributed by atoms with Crippen molar-refractivity contribution in [3.8, 4) is 0 Å². The first-order chi connectivity index (χ1) is 8.93. The molecule has 0 aliphatic carbocycles. The first kappa shape index (κ1) is 13.4. The number of benzene rings is 2. The van der Waals surface area contributed by atoms with Crippen molar-refractivity contribution in [2.75, 3.05) is 17.1 Å². The summed E-state index contributed by atoms with van der Waals surface area (Å²) in [5.41, 5.74) is 7.63. The van der Waals surface area contributed by atoms with Crippen LogP contribution in [0.15, 0.2) is 53.4 Å². The van der Waals surface area contributed by atoms with Gasteiger partial charge in [-0.15, -0.1) is 0 Å². The Morgan fingerprint density at radius 1 is 1.05 bits per heavy atom. The lowest BCUT2D eigenvalue weighted by Crippen LogP contribution is -2.27. The molecule has 19 heavy (non-hydrogen) atoms. The van der Waals surface area contributed by atoms with Crippen LogP contribution in [0.25, 0.3) is 0 Å². The minimum atomic E-state index is -3.58. The standard InChI is InChI=1S/C14H16N2O2S/c1-11-6-5-7-12(10-11)19(17,18)16(2)14-9-4-3-8-13(14)15/h3-10H,15H2,1-2H3. The van der Waals surface area contributed by atoms with Crippen LogP contribution in [0.3, 0.4) is 0 Å². The summed E-state index contributed by atoms with van der Waals surface area (Å²) in [5.74, 6) is 0. The second kappa shape index (κ2) is 4.93. The third-order valence-electron chi connectivity index (χ3n) is 2.92. The summed E-state index contributed by atoms with van der Waals surface area (Å²) in [7, 11) is -2.08. The number of nitrogen functional groups attached to an aromatic ring is 1. The average Bonchev–Trinajstić information content (AvgIpc) is 2.38. The highest BCUT2D eigenvalue weighted by Crippen LogP contribution is 2.27. The number of hydrogen-bond acceptors (Lipinski definition) is 3. The molecule has 0 bridgehead atoms. The molecule has 0 aliphatic rings. The summed E-state index contributed by atoms with van der Waals surface area (Å²) in [6, 6.07) is 13.7. The molecule has 4 nitrogen and oxygen atoms in total. The first-order valence-electron chi connectivity index (χ1n) is 5.83. The zero-order valence-corrected chi connectivity index (χ0v) is 11.7. The fourth-order valence-electron chi connectivity index (χ4n) is 1.84. The topological polar surface area (TPSA) is 63.4 Å². The van der Waals surface area contributed by atoms with Crippen molar-refractivity contribution >= 4 is 21.4 Å². The Hall–Kier alpha value is -2.01. The van der Waals surface area contributed by atoms with Gasteiger partial charge in [-0.25, -0.2) is 8.42 Å². The molecule has 2 aromatic rings. The van der Waals surface area contributed by atoms with Crippen LogP contribution in [-0.2, 0) is 10.0 Å². The van der Waals surface area contributed by atoms with Crippen LogP contribution in [0.1, 0.15) is 5.56 Å². The minimum absolute atomic E-state index is 0.262. The Morgan fingerprint density at radius 2 is 1.74 bits per heavy atom. The molecular formula is C14H16N2O2S. The second-order valence-corrected chi connectivity index (χ2v) is 6.32. The molecule has 0 radical (unpaired) electrons. The molecule has 0 spiro atoms. The van der Waals surface area contributed by atoms with Crippen molar-refractivity contribution in [1.29, 1.82) is 0 Å². The van der Waals surface area contributed by atoms with Crippen molar-refractivity contribution in [1.82, 2.24) is 0 Å². The fourth-order valence-corrected chi connectivity index (χ4v) is 3.16. The molecule has 0 unspecified atom stereocenters. The molecule has 2 rings (SSSR count). The van der Waals surface area contributed by atoms with Crippen LogP contribution < -0.4 is 10.0 Å². The smallest absolute Gasteiger partial charge is 0.264 e. The van der Waals surface area contributed by atoms with E-state index < -0.39 is 10.0 Å². The van der Waals surface area contributed by atoms with Crippen LogP contribution in [0.4, 0.5) is 11.4 Å². The summed E-state index contributed by atoms with van der Waals surface area (Å²) in [6.07, 6.45) is 0. The maximum absolute atomic E-state index is 12.5. The SMILES string of the molecule is Cc1cccc(S(=O)(=O)N(C)c2ccccc2N)c1. The second-order valence-electron chi connectivity index (χ2n) is 4.35. The Labute approximate surface area is 113 Å². The van der Waals surface area contributed by atoms with E-state index in [4.69, 9.17) is 5.73 Å². The molecule has 2 N–H and O–H groups in total. The lowest BCUT2D eigenvalue weighted by atomic mass is 10.2. The van der Waals surface area contributed by atoms with Gasteiger partial charge < -0.3 is 5.73 Å². The Balaban J connectivity index is 2.49. The number of nitrogens with zero attached hydrogens (tertiary/aromatic N) is 1. The number of aryl methyl sites for hydroxylation is 1. The van der Waals surface area contributed by atoms with E-state index in [2.05, 4.69) is 0 Å². The van der Waals surface area contributed by atoms with E-state index in [1.165, 1.54) is 11.4 Å². The van der Waals surface area contributed by atoms with E-state index in [1.54, 1.807) is 42.5 Å². The molecule has 2 aromatic carbocycles. The molecular weight excluding hydrogens is 260 g/mol. The van der Waals surface area contributed by atoms with Gasteiger partial charge in [0.1, 0.15) is 0 Å². The largest absolute Gasteiger partial charge is 0.397 e. The Morgan fingerprint density at radius 3 is 2.37 bits per heavy atom. The maximum Gasteiger partial charge on any atom is 0.264 e. The molecule has 0 amide bonds. The number of para-hydroxylation sites is 2. The Kier molecular flexibility index (Phi) is 3.48. The molecule has 0 saturated carbocycles. The average molecular weight is 276 g/mol. The van der Waals surface area contributed by atoms with Gasteiger partial charge in [0.05, 0.1) is 16.3 Å².